The second kappa shape index (κ2) is 9.47. The van der Waals surface area contributed by atoms with Gasteiger partial charge in [-0.2, -0.15) is 13.2 Å². The first-order valence-corrected chi connectivity index (χ1v) is 10.6. The highest BCUT2D eigenvalue weighted by molar-refractivity contribution is 5.78. The Balaban J connectivity index is 1.51. The van der Waals surface area contributed by atoms with E-state index in [4.69, 9.17) is 4.74 Å². The molecule has 1 fully saturated rings. The molecule has 29 heavy (non-hydrogen) atoms. The standard InChI is InChI=1S/C22H31F3N2O2/c1-15(3-4-16(2)26-20-8-11-29-12-9-20)21(28)27-10-7-17-5-6-19(22(23,24)25)13-18(17)14-27/h5-6,13,15-16,20,26H,3-4,7-12,14H2,1-2H3/t15-,16?/m1/s1. The minimum absolute atomic E-state index is 0.0336. The van der Waals surface area contributed by atoms with Gasteiger partial charge in [0.15, 0.2) is 0 Å². The summed E-state index contributed by atoms with van der Waals surface area (Å²) in [4.78, 5) is 14.6. The average Bonchev–Trinajstić information content (AvgIpc) is 2.70. The highest BCUT2D eigenvalue weighted by Crippen LogP contribution is 2.32. The molecule has 2 aliphatic heterocycles. The van der Waals surface area contributed by atoms with Gasteiger partial charge in [0.05, 0.1) is 5.56 Å². The zero-order valence-corrected chi connectivity index (χ0v) is 17.2. The Bertz CT molecular complexity index is 702. The summed E-state index contributed by atoms with van der Waals surface area (Å²) < 4.78 is 44.4. The van der Waals surface area contributed by atoms with Crippen LogP contribution >= 0.6 is 0 Å². The molecule has 1 unspecified atom stereocenters. The van der Waals surface area contributed by atoms with Gasteiger partial charge in [-0.3, -0.25) is 4.79 Å². The number of nitrogens with one attached hydrogen (secondary N) is 1. The van der Waals surface area contributed by atoms with E-state index < -0.39 is 11.7 Å². The van der Waals surface area contributed by atoms with Crippen molar-refractivity contribution in [3.63, 3.8) is 0 Å². The molecule has 1 amide bonds. The first-order chi connectivity index (χ1) is 13.7. The molecule has 0 aliphatic carbocycles. The molecule has 1 aromatic carbocycles. The number of carbonyl (C=O) groups is 1. The third-order valence-electron chi connectivity index (χ3n) is 6.05. The summed E-state index contributed by atoms with van der Waals surface area (Å²) >= 11 is 0. The van der Waals surface area contributed by atoms with E-state index in [-0.39, 0.29) is 18.4 Å². The Kier molecular flexibility index (Phi) is 7.22. The second-order valence-corrected chi connectivity index (χ2v) is 8.42. The molecular formula is C22H31F3N2O2. The van der Waals surface area contributed by atoms with E-state index in [0.29, 0.717) is 30.6 Å². The fourth-order valence-electron chi connectivity index (χ4n) is 4.21. The number of carbonyl (C=O) groups excluding carboxylic acids is 1. The lowest BCUT2D eigenvalue weighted by molar-refractivity contribution is -0.137. The SMILES string of the molecule is CC(CC[C@@H](C)C(=O)N1CCc2ccc(C(F)(F)F)cc2C1)NC1CCOCC1. The molecule has 0 radical (unpaired) electrons. The van der Waals surface area contributed by atoms with Gasteiger partial charge in [0.1, 0.15) is 0 Å². The van der Waals surface area contributed by atoms with Crippen molar-refractivity contribution >= 4 is 5.91 Å². The summed E-state index contributed by atoms with van der Waals surface area (Å²) in [6, 6.07) is 4.67. The number of amides is 1. The summed E-state index contributed by atoms with van der Waals surface area (Å²) in [6.07, 6.45) is -0.0528. The molecule has 1 aromatic rings. The Hall–Kier alpha value is -1.60. The van der Waals surface area contributed by atoms with Crippen LogP contribution in [0.2, 0.25) is 0 Å². The Morgan fingerprint density at radius 3 is 2.62 bits per heavy atom. The zero-order valence-electron chi connectivity index (χ0n) is 17.2. The molecule has 0 saturated carbocycles. The van der Waals surface area contributed by atoms with E-state index in [1.54, 1.807) is 11.0 Å². The number of fused-ring (bicyclic) bond motifs is 1. The van der Waals surface area contributed by atoms with Crippen LogP contribution in [-0.4, -0.2) is 42.6 Å². The van der Waals surface area contributed by atoms with Crippen molar-refractivity contribution < 1.29 is 22.7 Å². The van der Waals surface area contributed by atoms with Gasteiger partial charge < -0.3 is 15.0 Å². The number of hydrogen-bond acceptors (Lipinski definition) is 3. The molecule has 2 aliphatic rings. The van der Waals surface area contributed by atoms with Crippen LogP contribution in [-0.2, 0) is 28.7 Å². The van der Waals surface area contributed by atoms with Crippen molar-refractivity contribution in [1.82, 2.24) is 10.2 Å². The van der Waals surface area contributed by atoms with E-state index >= 15 is 0 Å². The number of halogens is 3. The predicted octanol–water partition coefficient (Wildman–Crippen LogP) is 4.16. The van der Waals surface area contributed by atoms with Crippen LogP contribution in [0.3, 0.4) is 0 Å². The summed E-state index contributed by atoms with van der Waals surface area (Å²) in [5.74, 6) is -0.104. The Morgan fingerprint density at radius 2 is 1.93 bits per heavy atom. The van der Waals surface area contributed by atoms with Gasteiger partial charge in [-0.25, -0.2) is 0 Å². The fourth-order valence-corrected chi connectivity index (χ4v) is 4.21. The van der Waals surface area contributed by atoms with Crippen LogP contribution in [0.5, 0.6) is 0 Å². The number of rotatable bonds is 6. The van der Waals surface area contributed by atoms with Gasteiger partial charge in [-0.05, 0) is 62.3 Å². The van der Waals surface area contributed by atoms with Crippen molar-refractivity contribution in [3.05, 3.63) is 34.9 Å². The molecule has 2 atom stereocenters. The average molecular weight is 412 g/mol. The molecule has 2 heterocycles. The monoisotopic (exact) mass is 412 g/mol. The molecule has 0 aromatic heterocycles. The van der Waals surface area contributed by atoms with Gasteiger partial charge in [0.2, 0.25) is 5.91 Å². The zero-order chi connectivity index (χ0) is 21.0. The van der Waals surface area contributed by atoms with E-state index in [1.165, 1.54) is 6.07 Å². The van der Waals surface area contributed by atoms with Crippen LogP contribution in [0.1, 0.15) is 56.2 Å². The normalized spacial score (nSPS) is 20.2. The third-order valence-corrected chi connectivity index (χ3v) is 6.05. The molecule has 1 saturated heterocycles. The minimum Gasteiger partial charge on any atom is -0.381 e. The van der Waals surface area contributed by atoms with Crippen LogP contribution in [0.25, 0.3) is 0 Å². The minimum atomic E-state index is -4.36. The second-order valence-electron chi connectivity index (χ2n) is 8.42. The highest BCUT2D eigenvalue weighted by atomic mass is 19.4. The molecule has 0 spiro atoms. The third kappa shape index (κ3) is 5.95. The van der Waals surface area contributed by atoms with Gasteiger partial charge in [0.25, 0.3) is 0 Å². The van der Waals surface area contributed by atoms with Gasteiger partial charge in [-0.1, -0.05) is 13.0 Å². The van der Waals surface area contributed by atoms with Crippen molar-refractivity contribution in [1.29, 1.82) is 0 Å². The van der Waals surface area contributed by atoms with Crippen molar-refractivity contribution in [2.75, 3.05) is 19.8 Å². The summed E-state index contributed by atoms with van der Waals surface area (Å²) in [5.41, 5.74) is 0.872. The van der Waals surface area contributed by atoms with Crippen molar-refractivity contribution in [3.8, 4) is 0 Å². The van der Waals surface area contributed by atoms with E-state index in [1.807, 2.05) is 6.92 Å². The van der Waals surface area contributed by atoms with Crippen LogP contribution < -0.4 is 5.32 Å². The summed E-state index contributed by atoms with van der Waals surface area (Å²) in [6.45, 7) is 6.49. The van der Waals surface area contributed by atoms with Crippen molar-refractivity contribution in [2.45, 2.75) is 70.8 Å². The van der Waals surface area contributed by atoms with Crippen LogP contribution in [0.4, 0.5) is 13.2 Å². The molecule has 162 valence electrons. The van der Waals surface area contributed by atoms with Crippen LogP contribution in [0, 0.1) is 5.92 Å². The predicted molar refractivity (Wildman–Crippen MR) is 105 cm³/mol. The first-order valence-electron chi connectivity index (χ1n) is 10.6. The molecule has 4 nitrogen and oxygen atoms in total. The maximum Gasteiger partial charge on any atom is 0.416 e. The van der Waals surface area contributed by atoms with Crippen molar-refractivity contribution in [2.24, 2.45) is 5.92 Å². The molecule has 7 heteroatoms. The largest absolute Gasteiger partial charge is 0.416 e. The summed E-state index contributed by atoms with van der Waals surface area (Å²) in [5, 5.41) is 3.61. The van der Waals surface area contributed by atoms with E-state index in [2.05, 4.69) is 12.2 Å². The number of hydrogen-bond donors (Lipinski definition) is 1. The molecular weight excluding hydrogens is 381 g/mol. The molecule has 1 N–H and O–H groups in total. The van der Waals surface area contributed by atoms with Gasteiger partial charge >= 0.3 is 6.18 Å². The molecule has 0 bridgehead atoms. The van der Waals surface area contributed by atoms with Gasteiger partial charge in [-0.15, -0.1) is 0 Å². The first kappa shape index (κ1) is 22.1. The quantitative estimate of drug-likeness (QED) is 0.763. The fraction of sp³-hybridized carbons (Fsp3) is 0.682. The van der Waals surface area contributed by atoms with E-state index in [0.717, 1.165) is 50.5 Å². The highest BCUT2D eigenvalue weighted by Gasteiger charge is 2.32. The Morgan fingerprint density at radius 1 is 1.21 bits per heavy atom. The van der Waals surface area contributed by atoms with Crippen LogP contribution in [0.15, 0.2) is 18.2 Å². The van der Waals surface area contributed by atoms with Gasteiger partial charge in [0, 0.05) is 44.3 Å². The lowest BCUT2D eigenvalue weighted by atomic mass is 9.94. The summed E-state index contributed by atoms with van der Waals surface area (Å²) in [7, 11) is 0. The number of benzene rings is 1. The Labute approximate surface area is 170 Å². The maximum atomic E-state index is 13.0. The number of alkyl halides is 3. The lowest BCUT2D eigenvalue weighted by Crippen LogP contribution is -2.41. The maximum absolute atomic E-state index is 13.0. The number of nitrogens with zero attached hydrogens (tertiary/aromatic N) is 1. The topological polar surface area (TPSA) is 41.6 Å². The number of ether oxygens (including phenoxy) is 1. The molecule has 3 rings (SSSR count). The smallest absolute Gasteiger partial charge is 0.381 e. The lowest BCUT2D eigenvalue weighted by Gasteiger charge is -2.32. The van der Waals surface area contributed by atoms with E-state index in [9.17, 15) is 18.0 Å².